The van der Waals surface area contributed by atoms with Gasteiger partial charge in [-0.15, -0.1) is 0 Å². The van der Waals surface area contributed by atoms with Gasteiger partial charge in [-0.05, 0) is 19.3 Å². The first-order valence-corrected chi connectivity index (χ1v) is 8.90. The minimum atomic E-state index is -1.42. The van der Waals surface area contributed by atoms with Gasteiger partial charge in [-0.2, -0.15) is 0 Å². The number of hydrogen-bond acceptors (Lipinski definition) is 7. The molecule has 29 heavy (non-hydrogen) atoms. The van der Waals surface area contributed by atoms with Crippen molar-refractivity contribution >= 4 is 35.6 Å². The molecule has 1 fully saturated rings. The Labute approximate surface area is 165 Å². The maximum absolute atomic E-state index is 12.8. The van der Waals surface area contributed by atoms with E-state index in [9.17, 15) is 33.9 Å². The molecule has 0 aromatic carbocycles. The number of carboxylic acid groups (broad SMARTS) is 2. The van der Waals surface area contributed by atoms with Crippen LogP contribution in [0, 0.1) is 0 Å². The number of nitrogens with zero attached hydrogens (tertiary/aromatic N) is 1. The molecule has 0 bridgehead atoms. The number of carboxylic acids is 2. The summed E-state index contributed by atoms with van der Waals surface area (Å²) in [4.78, 5) is 71.3. The number of nitrogens with one attached hydrogen (secondary N) is 2. The van der Waals surface area contributed by atoms with Crippen LogP contribution >= 0.6 is 0 Å². The highest BCUT2D eigenvalue weighted by Gasteiger charge is 2.38. The lowest BCUT2D eigenvalue weighted by atomic mass is 10.1. The van der Waals surface area contributed by atoms with E-state index < -0.39 is 73.1 Å². The zero-order valence-electron chi connectivity index (χ0n) is 15.6. The second-order valence-corrected chi connectivity index (χ2v) is 6.52. The molecule has 0 aromatic rings. The minimum absolute atomic E-state index is 0.143. The summed E-state index contributed by atoms with van der Waals surface area (Å²) in [6.45, 7) is -0.318. The summed E-state index contributed by atoms with van der Waals surface area (Å²) >= 11 is 0. The Hall–Kier alpha value is -3.22. The number of carbonyl (C=O) groups is 6. The molecule has 1 rings (SSSR count). The van der Waals surface area contributed by atoms with Crippen LogP contribution in [0.3, 0.4) is 0 Å². The highest BCUT2D eigenvalue weighted by Crippen LogP contribution is 2.19. The smallest absolute Gasteiger partial charge is 0.326 e. The molecule has 3 atom stereocenters. The highest BCUT2D eigenvalue weighted by molar-refractivity contribution is 5.96. The third-order valence-electron chi connectivity index (χ3n) is 4.32. The SMILES string of the molecule is NCC(=O)NC(CC(N)=O)C(=O)NC(CCC(=O)O)C(=O)N1CCCC1C(=O)O. The Kier molecular flexibility index (Phi) is 8.99. The lowest BCUT2D eigenvalue weighted by molar-refractivity contribution is -0.150. The quantitative estimate of drug-likeness (QED) is 0.199. The van der Waals surface area contributed by atoms with Gasteiger partial charge in [0.2, 0.25) is 23.6 Å². The van der Waals surface area contributed by atoms with Gasteiger partial charge < -0.3 is 37.2 Å². The summed E-state index contributed by atoms with van der Waals surface area (Å²) < 4.78 is 0. The monoisotopic (exact) mass is 415 g/mol. The summed E-state index contributed by atoms with van der Waals surface area (Å²) in [7, 11) is 0. The summed E-state index contributed by atoms with van der Waals surface area (Å²) in [6.07, 6.45) is -0.676. The molecular formula is C16H25N5O8. The third kappa shape index (κ3) is 7.37. The van der Waals surface area contributed by atoms with Crippen LogP contribution in [0.25, 0.3) is 0 Å². The third-order valence-corrected chi connectivity index (χ3v) is 4.32. The number of rotatable bonds is 11. The van der Waals surface area contributed by atoms with Crippen LogP contribution < -0.4 is 22.1 Å². The van der Waals surface area contributed by atoms with Gasteiger partial charge in [-0.25, -0.2) is 4.79 Å². The molecule has 162 valence electrons. The fourth-order valence-electron chi connectivity index (χ4n) is 2.95. The van der Waals surface area contributed by atoms with E-state index in [2.05, 4.69) is 10.6 Å². The molecule has 8 N–H and O–H groups in total. The summed E-state index contributed by atoms with van der Waals surface area (Å²) in [6, 6.07) is -3.86. The lowest BCUT2D eigenvalue weighted by Gasteiger charge is -2.28. The molecule has 13 heteroatoms. The van der Waals surface area contributed by atoms with Crippen molar-refractivity contribution < 1.29 is 39.0 Å². The Bertz CT molecular complexity index is 682. The molecular weight excluding hydrogens is 390 g/mol. The molecule has 4 amide bonds. The number of aliphatic carboxylic acids is 2. The Morgan fingerprint density at radius 1 is 1.07 bits per heavy atom. The fourth-order valence-corrected chi connectivity index (χ4v) is 2.95. The van der Waals surface area contributed by atoms with E-state index in [-0.39, 0.29) is 19.4 Å². The molecule has 1 aliphatic rings. The van der Waals surface area contributed by atoms with E-state index in [4.69, 9.17) is 16.6 Å². The van der Waals surface area contributed by atoms with Crippen LogP contribution in [-0.2, 0) is 28.8 Å². The van der Waals surface area contributed by atoms with Gasteiger partial charge in [-0.1, -0.05) is 0 Å². The minimum Gasteiger partial charge on any atom is -0.481 e. The van der Waals surface area contributed by atoms with E-state index in [1.54, 1.807) is 0 Å². The van der Waals surface area contributed by atoms with E-state index in [0.717, 1.165) is 4.90 Å². The predicted octanol–water partition coefficient (Wildman–Crippen LogP) is -3.27. The average molecular weight is 415 g/mol. The maximum atomic E-state index is 12.8. The molecule has 13 nitrogen and oxygen atoms in total. The van der Waals surface area contributed by atoms with Gasteiger partial charge in [-0.3, -0.25) is 24.0 Å². The average Bonchev–Trinajstić information content (AvgIpc) is 3.13. The van der Waals surface area contributed by atoms with Crippen molar-refractivity contribution in [3.8, 4) is 0 Å². The number of nitrogens with two attached hydrogens (primary N) is 2. The molecule has 0 spiro atoms. The van der Waals surface area contributed by atoms with Crippen LogP contribution in [-0.4, -0.2) is 81.9 Å². The van der Waals surface area contributed by atoms with E-state index in [0.29, 0.717) is 6.42 Å². The molecule has 3 unspecified atom stereocenters. The van der Waals surface area contributed by atoms with E-state index in [1.807, 2.05) is 0 Å². The zero-order chi connectivity index (χ0) is 22.1. The van der Waals surface area contributed by atoms with Crippen molar-refractivity contribution in [2.24, 2.45) is 11.5 Å². The Morgan fingerprint density at radius 3 is 2.24 bits per heavy atom. The normalized spacial score (nSPS) is 17.8. The van der Waals surface area contributed by atoms with Crippen molar-refractivity contribution in [3.63, 3.8) is 0 Å². The standard InChI is InChI=1S/C16H25N5O8/c17-7-12(23)19-9(6-11(18)22)14(26)20-8(3-4-13(24)25)15(27)21-5-1-2-10(21)16(28)29/h8-10H,1-7,17H2,(H2,18,22)(H,19,23)(H,20,26)(H,24,25)(H,28,29). The number of amides is 4. The zero-order valence-corrected chi connectivity index (χ0v) is 15.6. The van der Waals surface area contributed by atoms with Crippen LogP contribution in [0.2, 0.25) is 0 Å². The number of primary amides is 1. The number of hydrogen-bond donors (Lipinski definition) is 6. The molecule has 1 aliphatic heterocycles. The summed E-state index contributed by atoms with van der Waals surface area (Å²) in [5, 5.41) is 22.6. The van der Waals surface area contributed by atoms with Crippen molar-refractivity contribution in [2.75, 3.05) is 13.1 Å². The first-order valence-electron chi connectivity index (χ1n) is 8.90. The fraction of sp³-hybridized carbons (Fsp3) is 0.625. The van der Waals surface area contributed by atoms with Crippen molar-refractivity contribution in [3.05, 3.63) is 0 Å². The second-order valence-electron chi connectivity index (χ2n) is 6.52. The molecule has 0 aliphatic carbocycles. The predicted molar refractivity (Wildman–Crippen MR) is 96.0 cm³/mol. The topological polar surface area (TPSA) is 222 Å². The van der Waals surface area contributed by atoms with Crippen LogP contribution in [0.15, 0.2) is 0 Å². The van der Waals surface area contributed by atoms with Crippen molar-refractivity contribution in [1.82, 2.24) is 15.5 Å². The molecule has 0 aromatic heterocycles. The van der Waals surface area contributed by atoms with Crippen LogP contribution in [0.4, 0.5) is 0 Å². The van der Waals surface area contributed by atoms with Gasteiger partial charge in [0.1, 0.15) is 18.1 Å². The van der Waals surface area contributed by atoms with Gasteiger partial charge in [0.15, 0.2) is 0 Å². The highest BCUT2D eigenvalue weighted by atomic mass is 16.4. The van der Waals surface area contributed by atoms with Crippen molar-refractivity contribution in [1.29, 1.82) is 0 Å². The Morgan fingerprint density at radius 2 is 1.72 bits per heavy atom. The molecule has 0 radical (unpaired) electrons. The largest absolute Gasteiger partial charge is 0.481 e. The second kappa shape index (κ2) is 10.9. The van der Waals surface area contributed by atoms with Crippen LogP contribution in [0.1, 0.15) is 32.1 Å². The van der Waals surface area contributed by atoms with Gasteiger partial charge >= 0.3 is 11.9 Å². The molecule has 1 heterocycles. The molecule has 0 saturated carbocycles. The molecule has 1 saturated heterocycles. The number of likely N-dealkylation sites (tertiary alicyclic amines) is 1. The van der Waals surface area contributed by atoms with E-state index in [1.165, 1.54) is 0 Å². The first-order chi connectivity index (χ1) is 13.6. The lowest BCUT2D eigenvalue weighted by Crippen LogP contribution is -2.56. The van der Waals surface area contributed by atoms with Gasteiger partial charge in [0.05, 0.1) is 13.0 Å². The summed E-state index contributed by atoms with van der Waals surface area (Å²) in [5.74, 6) is -5.78. The maximum Gasteiger partial charge on any atom is 0.326 e. The van der Waals surface area contributed by atoms with Crippen molar-refractivity contribution in [2.45, 2.75) is 50.2 Å². The van der Waals surface area contributed by atoms with Crippen LogP contribution in [0.5, 0.6) is 0 Å². The van der Waals surface area contributed by atoms with Gasteiger partial charge in [0, 0.05) is 13.0 Å². The first kappa shape index (κ1) is 23.8. The Balaban J connectivity index is 2.99. The van der Waals surface area contributed by atoms with E-state index >= 15 is 0 Å². The summed E-state index contributed by atoms with van der Waals surface area (Å²) in [5.41, 5.74) is 10.2. The van der Waals surface area contributed by atoms with Gasteiger partial charge in [0.25, 0.3) is 0 Å². The number of carbonyl (C=O) groups excluding carboxylic acids is 4.